The molecule has 1 aliphatic heterocycles. The molecule has 0 radical (unpaired) electrons. The Hall–Kier alpha value is -3.10. The van der Waals surface area contributed by atoms with E-state index < -0.39 is 0 Å². The maximum Gasteiger partial charge on any atom is 0.263 e. The van der Waals surface area contributed by atoms with Crippen molar-refractivity contribution in [3.05, 3.63) is 83.6 Å². The summed E-state index contributed by atoms with van der Waals surface area (Å²) in [6.07, 6.45) is 3.55. The zero-order valence-corrected chi connectivity index (χ0v) is 16.8. The van der Waals surface area contributed by atoms with E-state index in [1.807, 2.05) is 49.4 Å². The van der Waals surface area contributed by atoms with Crippen molar-refractivity contribution in [2.75, 3.05) is 13.1 Å². The molecule has 1 aliphatic rings. The molecule has 1 saturated heterocycles. The second kappa shape index (κ2) is 10.4. The summed E-state index contributed by atoms with van der Waals surface area (Å²) in [7, 11) is 0. The van der Waals surface area contributed by atoms with Crippen LogP contribution in [0.4, 0.5) is 0 Å². The van der Waals surface area contributed by atoms with E-state index in [1.165, 1.54) is 5.56 Å². The topological polar surface area (TPSA) is 68.2 Å². The molecule has 2 N–H and O–H groups in total. The number of nitrogens with zero attached hydrogens (tertiary/aromatic N) is 2. The van der Waals surface area contributed by atoms with Gasteiger partial charge in [-0.05, 0) is 30.9 Å². The second-order valence-corrected chi connectivity index (χ2v) is 7.48. The average molecular weight is 389 g/mol. The molecule has 5 heteroatoms. The molecule has 0 aliphatic carbocycles. The molecule has 1 atom stereocenters. The van der Waals surface area contributed by atoms with E-state index in [2.05, 4.69) is 39.8 Å². The van der Waals surface area contributed by atoms with Crippen LogP contribution in [0.15, 0.2) is 72.4 Å². The van der Waals surface area contributed by atoms with Crippen LogP contribution in [-0.4, -0.2) is 29.9 Å². The summed E-state index contributed by atoms with van der Waals surface area (Å²) < 4.78 is 0. The van der Waals surface area contributed by atoms with Gasteiger partial charge < -0.3 is 10.6 Å². The van der Waals surface area contributed by atoms with Gasteiger partial charge in [0.25, 0.3) is 5.91 Å². The molecular weight excluding hydrogens is 360 g/mol. The highest BCUT2D eigenvalue weighted by Crippen LogP contribution is 2.15. The van der Waals surface area contributed by atoms with Gasteiger partial charge in [-0.2, -0.15) is 5.26 Å². The predicted octanol–water partition coefficient (Wildman–Crippen LogP) is 3.53. The Kier molecular flexibility index (Phi) is 7.43. The molecule has 3 rings (SSSR count). The number of carbonyl (C=O) groups excluding carboxylic acids is 1. The van der Waals surface area contributed by atoms with E-state index >= 15 is 0 Å². The van der Waals surface area contributed by atoms with Gasteiger partial charge in [-0.15, -0.1) is 0 Å². The summed E-state index contributed by atoms with van der Waals surface area (Å²) >= 11 is 0. The Bertz CT molecular complexity index is 849. The highest BCUT2D eigenvalue weighted by atomic mass is 16.1. The van der Waals surface area contributed by atoms with E-state index in [0.717, 1.165) is 38.0 Å². The molecule has 1 fully saturated rings. The molecule has 2 aromatic rings. The number of hydrogen-bond donors (Lipinski definition) is 2. The van der Waals surface area contributed by atoms with Gasteiger partial charge in [0.1, 0.15) is 11.6 Å². The van der Waals surface area contributed by atoms with Gasteiger partial charge in [-0.25, -0.2) is 0 Å². The highest BCUT2D eigenvalue weighted by Gasteiger charge is 2.19. The molecule has 2 aromatic carbocycles. The number of nitriles is 1. The fraction of sp³-hybridized carbons (Fsp3) is 0.333. The molecule has 0 saturated carbocycles. The first-order valence-corrected chi connectivity index (χ1v) is 10.1. The highest BCUT2D eigenvalue weighted by molar-refractivity contribution is 5.97. The van der Waals surface area contributed by atoms with Gasteiger partial charge in [0.2, 0.25) is 0 Å². The lowest BCUT2D eigenvalue weighted by atomic mass is 10.0. The zero-order chi connectivity index (χ0) is 20.5. The van der Waals surface area contributed by atoms with E-state index in [9.17, 15) is 10.1 Å². The van der Waals surface area contributed by atoms with Crippen molar-refractivity contribution < 1.29 is 4.79 Å². The molecule has 29 heavy (non-hydrogen) atoms. The minimum atomic E-state index is -0.349. The lowest BCUT2D eigenvalue weighted by molar-refractivity contribution is -0.117. The maximum absolute atomic E-state index is 12.4. The summed E-state index contributed by atoms with van der Waals surface area (Å²) in [5.41, 5.74) is 2.45. The predicted molar refractivity (Wildman–Crippen MR) is 115 cm³/mol. The number of rotatable bonds is 7. The summed E-state index contributed by atoms with van der Waals surface area (Å²) in [6.45, 7) is 4.88. The van der Waals surface area contributed by atoms with Gasteiger partial charge in [0.05, 0.1) is 6.04 Å². The van der Waals surface area contributed by atoms with Gasteiger partial charge in [0.15, 0.2) is 0 Å². The van der Waals surface area contributed by atoms with Crippen molar-refractivity contribution in [3.8, 4) is 6.07 Å². The molecule has 1 heterocycles. The normalized spacial score (nSPS) is 16.6. The number of piperidine rings is 1. The Balaban J connectivity index is 1.47. The molecule has 0 bridgehead atoms. The first-order chi connectivity index (χ1) is 14.2. The van der Waals surface area contributed by atoms with Gasteiger partial charge in [0, 0.05) is 31.9 Å². The van der Waals surface area contributed by atoms with Crippen molar-refractivity contribution in [3.63, 3.8) is 0 Å². The number of nitrogens with one attached hydrogen (secondary N) is 2. The lowest BCUT2D eigenvalue weighted by Crippen LogP contribution is -2.40. The van der Waals surface area contributed by atoms with Crippen LogP contribution in [0.25, 0.3) is 0 Å². The summed E-state index contributed by atoms with van der Waals surface area (Å²) in [6, 6.07) is 22.4. The Labute approximate surface area is 173 Å². The van der Waals surface area contributed by atoms with Crippen LogP contribution >= 0.6 is 0 Å². The number of carbonyl (C=O) groups is 1. The fourth-order valence-electron chi connectivity index (χ4n) is 3.55. The molecule has 1 amide bonds. The van der Waals surface area contributed by atoms with E-state index in [1.54, 1.807) is 6.20 Å². The smallest absolute Gasteiger partial charge is 0.263 e. The number of benzene rings is 2. The van der Waals surface area contributed by atoms with Crippen molar-refractivity contribution in [2.45, 2.75) is 38.4 Å². The monoisotopic (exact) mass is 388 g/mol. The molecule has 1 unspecified atom stereocenters. The third-order valence-electron chi connectivity index (χ3n) is 5.31. The molecule has 0 spiro atoms. The first kappa shape index (κ1) is 20.6. The molecule has 150 valence electrons. The van der Waals surface area contributed by atoms with Crippen LogP contribution in [0.2, 0.25) is 0 Å². The SMILES string of the molecule is CC(NC(=O)/C(C#N)=C\NC1CCN(Cc2ccccc2)CC1)c1ccccc1. The largest absolute Gasteiger partial charge is 0.387 e. The summed E-state index contributed by atoms with van der Waals surface area (Å²) in [5.74, 6) is -0.349. The van der Waals surface area contributed by atoms with Gasteiger partial charge in [-0.3, -0.25) is 9.69 Å². The van der Waals surface area contributed by atoms with Crippen molar-refractivity contribution in [1.82, 2.24) is 15.5 Å². The number of amides is 1. The third-order valence-corrected chi connectivity index (χ3v) is 5.31. The first-order valence-electron chi connectivity index (χ1n) is 10.1. The zero-order valence-electron chi connectivity index (χ0n) is 16.8. The standard InChI is InChI=1S/C24H28N4O/c1-19(21-10-6-3-7-11-21)27-24(29)22(16-25)17-26-23-12-14-28(15-13-23)18-20-8-4-2-5-9-20/h2-11,17,19,23,26H,12-15,18H2,1H3,(H,27,29)/b22-17-. The van der Waals surface area contributed by atoms with Crippen LogP contribution < -0.4 is 10.6 Å². The van der Waals surface area contributed by atoms with Crippen LogP contribution in [0.1, 0.15) is 36.9 Å². The van der Waals surface area contributed by atoms with Gasteiger partial charge >= 0.3 is 0 Å². The minimum Gasteiger partial charge on any atom is -0.387 e. The van der Waals surface area contributed by atoms with E-state index in [-0.39, 0.29) is 23.6 Å². The summed E-state index contributed by atoms with van der Waals surface area (Å²) in [5, 5.41) is 15.6. The molecule has 0 aromatic heterocycles. The quantitative estimate of drug-likeness (QED) is 0.562. The lowest BCUT2D eigenvalue weighted by Gasteiger charge is -2.32. The number of hydrogen-bond acceptors (Lipinski definition) is 4. The maximum atomic E-state index is 12.4. The fourth-order valence-corrected chi connectivity index (χ4v) is 3.55. The average Bonchev–Trinajstić information content (AvgIpc) is 2.76. The third kappa shape index (κ3) is 6.20. The van der Waals surface area contributed by atoms with Gasteiger partial charge in [-0.1, -0.05) is 60.7 Å². The second-order valence-electron chi connectivity index (χ2n) is 7.48. The van der Waals surface area contributed by atoms with Crippen molar-refractivity contribution in [1.29, 1.82) is 5.26 Å². The van der Waals surface area contributed by atoms with Crippen LogP contribution in [-0.2, 0) is 11.3 Å². The van der Waals surface area contributed by atoms with Crippen LogP contribution in [0.5, 0.6) is 0 Å². The Morgan fingerprint density at radius 2 is 1.76 bits per heavy atom. The number of likely N-dealkylation sites (tertiary alicyclic amines) is 1. The molecular formula is C24H28N4O. The van der Waals surface area contributed by atoms with E-state index in [4.69, 9.17) is 0 Å². The minimum absolute atomic E-state index is 0.111. The van der Waals surface area contributed by atoms with Crippen LogP contribution in [0, 0.1) is 11.3 Å². The molecule has 5 nitrogen and oxygen atoms in total. The van der Waals surface area contributed by atoms with Crippen molar-refractivity contribution in [2.24, 2.45) is 0 Å². The van der Waals surface area contributed by atoms with Crippen LogP contribution in [0.3, 0.4) is 0 Å². The Morgan fingerprint density at radius 3 is 2.38 bits per heavy atom. The van der Waals surface area contributed by atoms with E-state index in [0.29, 0.717) is 0 Å². The Morgan fingerprint density at radius 1 is 1.14 bits per heavy atom. The summed E-state index contributed by atoms with van der Waals surface area (Å²) in [4.78, 5) is 14.9. The van der Waals surface area contributed by atoms with Crippen molar-refractivity contribution >= 4 is 5.91 Å².